The van der Waals surface area contributed by atoms with Crippen LogP contribution in [-0.4, -0.2) is 54.5 Å². The van der Waals surface area contributed by atoms with E-state index in [0.29, 0.717) is 19.1 Å². The second-order valence-electron chi connectivity index (χ2n) is 6.04. The molecule has 2 atom stereocenters. The highest BCUT2D eigenvalue weighted by molar-refractivity contribution is 5.78. The standard InChI is InChI=1S/C16H33N3O/c1-4-8-18(9-5-2)16(20)13-19-10-7-14(6-3)11-15(19)12-17/h14-15H,4-13,17H2,1-3H3. The van der Waals surface area contributed by atoms with Crippen LogP contribution in [0.5, 0.6) is 0 Å². The van der Waals surface area contributed by atoms with Crippen molar-refractivity contribution >= 4 is 5.91 Å². The van der Waals surface area contributed by atoms with Gasteiger partial charge in [0.05, 0.1) is 6.54 Å². The maximum Gasteiger partial charge on any atom is 0.236 e. The molecule has 1 aliphatic heterocycles. The predicted octanol–water partition coefficient (Wildman–Crippen LogP) is 2.08. The fourth-order valence-corrected chi connectivity index (χ4v) is 3.18. The van der Waals surface area contributed by atoms with Crippen LogP contribution in [0, 0.1) is 5.92 Å². The van der Waals surface area contributed by atoms with Crippen molar-refractivity contribution in [3.63, 3.8) is 0 Å². The Hall–Kier alpha value is -0.610. The van der Waals surface area contributed by atoms with E-state index in [1.54, 1.807) is 0 Å². The van der Waals surface area contributed by atoms with Gasteiger partial charge in [0.25, 0.3) is 0 Å². The first-order valence-corrected chi connectivity index (χ1v) is 8.38. The monoisotopic (exact) mass is 283 g/mol. The molecule has 0 radical (unpaired) electrons. The summed E-state index contributed by atoms with van der Waals surface area (Å²) in [5, 5.41) is 0. The van der Waals surface area contributed by atoms with Gasteiger partial charge in [-0.2, -0.15) is 0 Å². The first-order valence-electron chi connectivity index (χ1n) is 8.38. The van der Waals surface area contributed by atoms with Crippen molar-refractivity contribution < 1.29 is 4.79 Å². The third-order valence-corrected chi connectivity index (χ3v) is 4.47. The molecule has 0 saturated carbocycles. The van der Waals surface area contributed by atoms with E-state index in [4.69, 9.17) is 5.73 Å². The van der Waals surface area contributed by atoms with Crippen LogP contribution in [0.3, 0.4) is 0 Å². The van der Waals surface area contributed by atoms with E-state index in [-0.39, 0.29) is 5.91 Å². The van der Waals surface area contributed by atoms with Crippen LogP contribution in [0.2, 0.25) is 0 Å². The van der Waals surface area contributed by atoms with Gasteiger partial charge in [-0.1, -0.05) is 27.2 Å². The number of carbonyl (C=O) groups is 1. The molecule has 2 unspecified atom stereocenters. The Labute approximate surface area is 124 Å². The minimum Gasteiger partial charge on any atom is -0.342 e. The molecular weight excluding hydrogens is 250 g/mol. The highest BCUT2D eigenvalue weighted by atomic mass is 16.2. The van der Waals surface area contributed by atoms with Gasteiger partial charge in [0.15, 0.2) is 0 Å². The lowest BCUT2D eigenvalue weighted by Crippen LogP contribution is -2.51. The van der Waals surface area contributed by atoms with Crippen LogP contribution >= 0.6 is 0 Å². The number of hydrogen-bond donors (Lipinski definition) is 1. The Bertz CT molecular complexity index is 277. The number of piperidine rings is 1. The number of rotatable bonds is 8. The van der Waals surface area contributed by atoms with Crippen molar-refractivity contribution in [2.45, 2.75) is 58.9 Å². The molecule has 0 aromatic rings. The van der Waals surface area contributed by atoms with E-state index in [1.165, 1.54) is 12.8 Å². The summed E-state index contributed by atoms with van der Waals surface area (Å²) in [6.07, 6.45) is 5.66. The SMILES string of the molecule is CCCN(CCC)C(=O)CN1CCC(CC)CC1CN. The van der Waals surface area contributed by atoms with Crippen molar-refractivity contribution in [3.8, 4) is 0 Å². The average molecular weight is 283 g/mol. The largest absolute Gasteiger partial charge is 0.342 e. The zero-order valence-electron chi connectivity index (χ0n) is 13.6. The van der Waals surface area contributed by atoms with E-state index in [9.17, 15) is 4.79 Å². The van der Waals surface area contributed by atoms with Crippen LogP contribution in [0.4, 0.5) is 0 Å². The average Bonchev–Trinajstić information content (AvgIpc) is 2.47. The molecule has 0 aromatic carbocycles. The van der Waals surface area contributed by atoms with Gasteiger partial charge in [-0.25, -0.2) is 0 Å². The summed E-state index contributed by atoms with van der Waals surface area (Å²) < 4.78 is 0. The second-order valence-corrected chi connectivity index (χ2v) is 6.04. The maximum atomic E-state index is 12.4. The summed E-state index contributed by atoms with van der Waals surface area (Å²) in [6, 6.07) is 0.391. The minimum absolute atomic E-state index is 0.280. The molecule has 1 saturated heterocycles. The number of nitrogens with zero attached hydrogens (tertiary/aromatic N) is 2. The number of hydrogen-bond acceptors (Lipinski definition) is 3. The van der Waals surface area contributed by atoms with Gasteiger partial charge < -0.3 is 10.6 Å². The number of likely N-dealkylation sites (tertiary alicyclic amines) is 1. The van der Waals surface area contributed by atoms with Gasteiger partial charge in [0.2, 0.25) is 5.91 Å². The Morgan fingerprint density at radius 2 is 1.90 bits per heavy atom. The molecule has 1 rings (SSSR count). The topological polar surface area (TPSA) is 49.6 Å². The Kier molecular flexibility index (Phi) is 8.15. The normalized spacial score (nSPS) is 23.8. The summed E-state index contributed by atoms with van der Waals surface area (Å²) in [4.78, 5) is 16.8. The van der Waals surface area contributed by atoms with Crippen LogP contribution in [-0.2, 0) is 4.79 Å². The molecule has 0 aromatic heterocycles. The molecule has 1 heterocycles. The molecule has 4 nitrogen and oxygen atoms in total. The van der Waals surface area contributed by atoms with Gasteiger partial charge in [0.1, 0.15) is 0 Å². The van der Waals surface area contributed by atoms with E-state index >= 15 is 0 Å². The predicted molar refractivity (Wildman–Crippen MR) is 84.6 cm³/mol. The highest BCUT2D eigenvalue weighted by Crippen LogP contribution is 2.24. The number of carbonyl (C=O) groups excluding carboxylic acids is 1. The van der Waals surface area contributed by atoms with Crippen LogP contribution in [0.1, 0.15) is 52.9 Å². The molecule has 0 aliphatic carbocycles. The smallest absolute Gasteiger partial charge is 0.236 e. The van der Waals surface area contributed by atoms with E-state index in [1.807, 2.05) is 4.90 Å². The maximum absolute atomic E-state index is 12.4. The molecule has 1 amide bonds. The summed E-state index contributed by atoms with van der Waals surface area (Å²) >= 11 is 0. The molecule has 20 heavy (non-hydrogen) atoms. The zero-order chi connectivity index (χ0) is 15.0. The Morgan fingerprint density at radius 1 is 1.25 bits per heavy atom. The van der Waals surface area contributed by atoms with Crippen molar-refractivity contribution in [3.05, 3.63) is 0 Å². The number of nitrogens with two attached hydrogens (primary N) is 1. The minimum atomic E-state index is 0.280. The van der Waals surface area contributed by atoms with Gasteiger partial charge in [-0.3, -0.25) is 9.69 Å². The molecule has 0 spiro atoms. The lowest BCUT2D eigenvalue weighted by molar-refractivity contribution is -0.133. The molecule has 1 fully saturated rings. The summed E-state index contributed by atoms with van der Waals surface area (Å²) in [5.74, 6) is 1.07. The van der Waals surface area contributed by atoms with Gasteiger partial charge in [-0.15, -0.1) is 0 Å². The molecule has 118 valence electrons. The molecular formula is C16H33N3O. The summed E-state index contributed by atoms with van der Waals surface area (Å²) in [7, 11) is 0. The molecule has 0 bridgehead atoms. The van der Waals surface area contributed by atoms with Crippen LogP contribution in [0.25, 0.3) is 0 Å². The summed E-state index contributed by atoms with van der Waals surface area (Å²) in [6.45, 7) is 10.5. The van der Waals surface area contributed by atoms with E-state index in [2.05, 4.69) is 25.7 Å². The highest BCUT2D eigenvalue weighted by Gasteiger charge is 2.28. The van der Waals surface area contributed by atoms with Crippen LogP contribution < -0.4 is 5.73 Å². The molecule has 4 heteroatoms. The van der Waals surface area contributed by atoms with Crippen molar-refractivity contribution in [1.29, 1.82) is 0 Å². The zero-order valence-corrected chi connectivity index (χ0v) is 13.6. The molecule has 2 N–H and O–H groups in total. The van der Waals surface area contributed by atoms with E-state index < -0.39 is 0 Å². The first-order chi connectivity index (χ1) is 9.65. The van der Waals surface area contributed by atoms with Gasteiger partial charge in [0, 0.05) is 25.7 Å². The molecule has 1 aliphatic rings. The second kappa shape index (κ2) is 9.35. The van der Waals surface area contributed by atoms with Gasteiger partial charge >= 0.3 is 0 Å². The fourth-order valence-electron chi connectivity index (χ4n) is 3.18. The quantitative estimate of drug-likeness (QED) is 0.742. The lowest BCUT2D eigenvalue weighted by Gasteiger charge is -2.39. The summed E-state index contributed by atoms with van der Waals surface area (Å²) in [5.41, 5.74) is 5.91. The lowest BCUT2D eigenvalue weighted by atomic mass is 9.89. The van der Waals surface area contributed by atoms with Crippen molar-refractivity contribution in [1.82, 2.24) is 9.80 Å². The Balaban J connectivity index is 2.54. The third kappa shape index (κ3) is 5.06. The van der Waals surface area contributed by atoms with Crippen molar-refractivity contribution in [2.24, 2.45) is 11.7 Å². The number of amides is 1. The fraction of sp³-hybridized carbons (Fsp3) is 0.938. The first kappa shape index (κ1) is 17.4. The van der Waals surface area contributed by atoms with Crippen molar-refractivity contribution in [2.75, 3.05) is 32.7 Å². The van der Waals surface area contributed by atoms with Crippen LogP contribution in [0.15, 0.2) is 0 Å². The van der Waals surface area contributed by atoms with E-state index in [0.717, 1.165) is 44.8 Å². The Morgan fingerprint density at radius 3 is 2.40 bits per heavy atom. The van der Waals surface area contributed by atoms with Gasteiger partial charge in [-0.05, 0) is 38.1 Å². The third-order valence-electron chi connectivity index (χ3n) is 4.47.